The average Bonchev–Trinajstić information content (AvgIpc) is 3.56. The first-order chi connectivity index (χ1) is 31.7. The fourth-order valence-electron chi connectivity index (χ4n) is 10.6. The van der Waals surface area contributed by atoms with Gasteiger partial charge < -0.3 is 25.8 Å². The molecule has 0 spiro atoms. The number of aromatic nitrogens is 2. The third-order valence-corrected chi connectivity index (χ3v) is 14.6. The molecular formula is C52H59FN8O5. The summed E-state index contributed by atoms with van der Waals surface area (Å²) in [6.07, 6.45) is 4.25. The minimum absolute atomic E-state index is 0.114. The predicted molar refractivity (Wildman–Crippen MR) is 255 cm³/mol. The summed E-state index contributed by atoms with van der Waals surface area (Å²) in [5.41, 5.74) is 10.6. The van der Waals surface area contributed by atoms with Crippen LogP contribution >= 0.6 is 0 Å². The molecule has 5 aromatic rings. The van der Waals surface area contributed by atoms with Crippen LogP contribution in [0.1, 0.15) is 97.4 Å². The lowest BCUT2D eigenvalue weighted by molar-refractivity contribution is -0.139. The molecule has 4 amide bonds. The van der Waals surface area contributed by atoms with Crippen molar-refractivity contribution in [1.82, 2.24) is 29.6 Å². The van der Waals surface area contributed by atoms with Gasteiger partial charge in [-0.25, -0.2) is 9.18 Å². The number of hydrogen-bond donors (Lipinski definition) is 3. The number of benzene rings is 4. The van der Waals surface area contributed by atoms with Crippen LogP contribution in [0, 0.1) is 30.6 Å². The van der Waals surface area contributed by atoms with Gasteiger partial charge in [-0.2, -0.15) is 0 Å². The molecule has 0 radical (unpaired) electrons. The van der Waals surface area contributed by atoms with Crippen LogP contribution in [0.25, 0.3) is 21.8 Å². The minimum Gasteiger partial charge on any atom is -0.399 e. The summed E-state index contributed by atoms with van der Waals surface area (Å²) < 4.78 is 19.4. The number of likely N-dealkylation sites (tertiary alicyclic amines) is 2. The number of aryl methyl sites for hydroxylation is 2. The summed E-state index contributed by atoms with van der Waals surface area (Å²) in [6.45, 7) is 8.04. The Morgan fingerprint density at radius 3 is 2.33 bits per heavy atom. The second-order valence-electron chi connectivity index (χ2n) is 18.9. The molecule has 5 heterocycles. The zero-order chi connectivity index (χ0) is 46.3. The number of alkyl halides is 1. The highest BCUT2D eigenvalue weighted by Crippen LogP contribution is 2.34. The highest BCUT2D eigenvalue weighted by atomic mass is 19.1. The van der Waals surface area contributed by atoms with Gasteiger partial charge in [0.2, 0.25) is 17.7 Å². The van der Waals surface area contributed by atoms with Crippen LogP contribution in [0.3, 0.4) is 0 Å². The fourth-order valence-corrected chi connectivity index (χ4v) is 10.6. The fraction of sp³-hybridized carbons (Fsp3) is 0.442. The molecule has 14 heteroatoms. The molecule has 344 valence electrons. The molecule has 2 atom stereocenters. The summed E-state index contributed by atoms with van der Waals surface area (Å²) in [7, 11) is 1.69. The van der Waals surface area contributed by atoms with Crippen LogP contribution < -0.4 is 27.0 Å². The Morgan fingerprint density at radius 1 is 0.879 bits per heavy atom. The van der Waals surface area contributed by atoms with E-state index in [2.05, 4.69) is 50.5 Å². The van der Waals surface area contributed by atoms with E-state index in [1.54, 1.807) is 23.7 Å². The van der Waals surface area contributed by atoms with Crippen molar-refractivity contribution < 1.29 is 23.6 Å². The molecule has 4 aliphatic heterocycles. The highest BCUT2D eigenvalue weighted by molar-refractivity contribution is 6.00. The van der Waals surface area contributed by atoms with E-state index in [1.807, 2.05) is 61.2 Å². The van der Waals surface area contributed by atoms with Gasteiger partial charge in [0.15, 0.2) is 0 Å². The monoisotopic (exact) mass is 894 g/mol. The summed E-state index contributed by atoms with van der Waals surface area (Å²) >= 11 is 0. The Morgan fingerprint density at radius 2 is 1.61 bits per heavy atom. The normalized spacial score (nSPS) is 20.2. The molecule has 13 nitrogen and oxygen atoms in total. The molecule has 66 heavy (non-hydrogen) atoms. The molecule has 4 fully saturated rings. The molecule has 9 rings (SSSR count). The number of imide groups is 1. The van der Waals surface area contributed by atoms with Gasteiger partial charge in [0.25, 0.3) is 5.91 Å². The van der Waals surface area contributed by atoms with Crippen molar-refractivity contribution >= 4 is 56.8 Å². The van der Waals surface area contributed by atoms with Crippen LogP contribution in [0.4, 0.5) is 15.8 Å². The predicted octanol–water partition coefficient (Wildman–Crippen LogP) is 6.16. The molecule has 1 aromatic heterocycles. The number of nitrogens with one attached hydrogen (secondary N) is 2. The van der Waals surface area contributed by atoms with E-state index in [4.69, 9.17) is 5.73 Å². The summed E-state index contributed by atoms with van der Waals surface area (Å²) in [5.74, 6) is 6.26. The van der Waals surface area contributed by atoms with Gasteiger partial charge in [0, 0.05) is 93.4 Å². The number of nitrogen functional groups attached to an aromatic ring is 1. The molecule has 1 unspecified atom stereocenters. The van der Waals surface area contributed by atoms with Gasteiger partial charge in [-0.3, -0.25) is 33.6 Å². The first kappa shape index (κ1) is 44.7. The standard InChI is InChI=1S/C52H59FN8O5/c1-33-8-12-38(54)30-43(33)48(63)55-34(2)40-14-11-36(41-6-4-5-7-42(40)41)10-9-35-18-24-58(25-19-35)32-52(53)22-28-60(29-23-52)50(65)37-20-26-59(27-21-37)39-13-15-44-46(31-39)57(3)51(66)61(44)45-16-17-47(62)56-49(45)64/h4-8,11-15,30-31,34-35,37,45H,16-29,32,54H2,1-3H3,(H,55,63)(H,56,62,64)/t34-,45?/m1/s1. The number of halogens is 1. The summed E-state index contributed by atoms with van der Waals surface area (Å²) in [5, 5.41) is 7.60. The van der Waals surface area contributed by atoms with E-state index in [0.29, 0.717) is 80.7 Å². The molecule has 0 bridgehead atoms. The molecule has 4 saturated heterocycles. The summed E-state index contributed by atoms with van der Waals surface area (Å²) in [4.78, 5) is 70.9. The number of carbonyl (C=O) groups excluding carboxylic acids is 4. The smallest absolute Gasteiger partial charge is 0.329 e. The average molecular weight is 895 g/mol. The van der Waals surface area contributed by atoms with Crippen molar-refractivity contribution in [2.75, 3.05) is 56.4 Å². The molecule has 4 N–H and O–H groups in total. The van der Waals surface area contributed by atoms with Crippen LogP contribution in [-0.4, -0.2) is 94.0 Å². The SMILES string of the molecule is Cc1ccc(N)cc1C(=O)N[C@H](C)c1ccc(C#CC2CCN(CC3(F)CCN(C(=O)C4CCN(c5ccc6c(c5)n(C)c(=O)n6C5CCC(=O)NC5=O)CC4)CC3)CC2)c2ccccc12. The zero-order valence-electron chi connectivity index (χ0n) is 38.1. The van der Waals surface area contributed by atoms with Gasteiger partial charge in [-0.05, 0) is 117 Å². The Kier molecular flexibility index (Phi) is 12.5. The van der Waals surface area contributed by atoms with Gasteiger partial charge in [-0.1, -0.05) is 48.2 Å². The minimum atomic E-state index is -1.33. The van der Waals surface area contributed by atoms with Gasteiger partial charge in [0.1, 0.15) is 11.7 Å². The Balaban J connectivity index is 0.742. The number of anilines is 2. The number of carbonyl (C=O) groups is 4. The number of amides is 4. The van der Waals surface area contributed by atoms with E-state index in [-0.39, 0.29) is 54.1 Å². The van der Waals surface area contributed by atoms with Crippen molar-refractivity contribution in [3.8, 4) is 11.8 Å². The quantitative estimate of drug-likeness (QED) is 0.0951. The lowest BCUT2D eigenvalue weighted by Gasteiger charge is -2.42. The summed E-state index contributed by atoms with van der Waals surface area (Å²) in [6, 6.07) is 22.4. The maximum absolute atomic E-state index is 16.4. The van der Waals surface area contributed by atoms with E-state index in [9.17, 15) is 24.0 Å². The topological polar surface area (TPSA) is 155 Å². The maximum atomic E-state index is 16.4. The van der Waals surface area contributed by atoms with Crippen molar-refractivity contribution in [2.24, 2.45) is 18.9 Å². The number of rotatable bonds is 8. The zero-order valence-corrected chi connectivity index (χ0v) is 38.1. The molecule has 0 saturated carbocycles. The number of nitrogens with zero attached hydrogens (tertiary/aromatic N) is 5. The van der Waals surface area contributed by atoms with E-state index >= 15 is 4.39 Å². The maximum Gasteiger partial charge on any atom is 0.329 e. The van der Waals surface area contributed by atoms with Crippen molar-refractivity contribution in [3.05, 3.63) is 106 Å². The Hall–Kier alpha value is -6.46. The van der Waals surface area contributed by atoms with E-state index in [0.717, 1.165) is 59.1 Å². The lowest BCUT2D eigenvalue weighted by atomic mass is 9.88. The Bertz CT molecular complexity index is 2830. The highest BCUT2D eigenvalue weighted by Gasteiger charge is 2.40. The molecule has 4 aliphatic rings. The van der Waals surface area contributed by atoms with Crippen molar-refractivity contribution in [2.45, 2.75) is 83.0 Å². The molecule has 0 aliphatic carbocycles. The van der Waals surface area contributed by atoms with Gasteiger partial charge in [-0.15, -0.1) is 0 Å². The van der Waals surface area contributed by atoms with Gasteiger partial charge in [0.05, 0.1) is 17.1 Å². The molecular weight excluding hydrogens is 836 g/mol. The number of imidazole rings is 1. The molecule has 4 aromatic carbocycles. The van der Waals surface area contributed by atoms with E-state index < -0.39 is 17.6 Å². The first-order valence-corrected chi connectivity index (χ1v) is 23.4. The van der Waals surface area contributed by atoms with Crippen molar-refractivity contribution in [3.63, 3.8) is 0 Å². The third-order valence-electron chi connectivity index (χ3n) is 14.6. The number of hydrogen-bond acceptors (Lipinski definition) is 8. The van der Waals surface area contributed by atoms with Crippen LogP contribution in [-0.2, 0) is 21.4 Å². The lowest BCUT2D eigenvalue weighted by Crippen LogP contribution is -2.52. The Labute approximate surface area is 384 Å². The third kappa shape index (κ3) is 9.05. The second kappa shape index (κ2) is 18.4. The number of piperidine rings is 4. The number of fused-ring (bicyclic) bond motifs is 2. The van der Waals surface area contributed by atoms with E-state index in [1.165, 1.54) is 4.57 Å². The first-order valence-electron chi connectivity index (χ1n) is 23.4. The largest absolute Gasteiger partial charge is 0.399 e. The van der Waals surface area contributed by atoms with Crippen LogP contribution in [0.2, 0.25) is 0 Å². The van der Waals surface area contributed by atoms with Crippen LogP contribution in [0.5, 0.6) is 0 Å². The van der Waals surface area contributed by atoms with Crippen molar-refractivity contribution in [1.29, 1.82) is 0 Å². The van der Waals surface area contributed by atoms with Crippen LogP contribution in [0.15, 0.2) is 77.6 Å². The second-order valence-corrected chi connectivity index (χ2v) is 18.9. The number of nitrogens with two attached hydrogens (primary N) is 1. The van der Waals surface area contributed by atoms with Gasteiger partial charge >= 0.3 is 5.69 Å².